The molecule has 0 spiro atoms. The highest BCUT2D eigenvalue weighted by molar-refractivity contribution is 5.96. The summed E-state index contributed by atoms with van der Waals surface area (Å²) in [5.74, 6) is -0.0413. The number of fused-ring (bicyclic) bond motifs is 1. The number of nitrogens with two attached hydrogens (primary N) is 1. The predicted molar refractivity (Wildman–Crippen MR) is 87.7 cm³/mol. The van der Waals surface area contributed by atoms with Crippen LogP contribution in [0.15, 0.2) is 36.5 Å². The second-order valence-electron chi connectivity index (χ2n) is 4.67. The third-order valence-electron chi connectivity index (χ3n) is 2.89. The van der Waals surface area contributed by atoms with Crippen molar-refractivity contribution in [1.29, 1.82) is 0 Å². The molecule has 20 heavy (non-hydrogen) atoms. The van der Waals surface area contributed by atoms with Crippen LogP contribution in [0.1, 0.15) is 13.8 Å². The van der Waals surface area contributed by atoms with E-state index in [0.717, 1.165) is 16.6 Å². The summed E-state index contributed by atoms with van der Waals surface area (Å²) in [5, 5.41) is 3.82. The molecule has 1 atom stereocenters. The molecule has 0 unspecified atom stereocenters. The number of nitrogens with zero attached hydrogens (tertiary/aromatic N) is 1. The predicted octanol–water partition coefficient (Wildman–Crippen LogP) is 3.00. The number of aromatic nitrogens is 1. The molecule has 2 aromatic rings. The normalized spacial score (nSPS) is 11.4. The third-order valence-corrected chi connectivity index (χ3v) is 2.89. The maximum atomic E-state index is 11.8. The van der Waals surface area contributed by atoms with Gasteiger partial charge in [0.1, 0.15) is 0 Å². The Kier molecular flexibility index (Phi) is 7.50. The number of nitrogens with one attached hydrogen (secondary N) is 1. The molecule has 0 fully saturated rings. The number of halogens is 2. The summed E-state index contributed by atoms with van der Waals surface area (Å²) in [6.45, 7) is 3.85. The third kappa shape index (κ3) is 4.34. The van der Waals surface area contributed by atoms with Gasteiger partial charge in [0.25, 0.3) is 0 Å². The smallest absolute Gasteiger partial charge is 0.241 e. The number of benzene rings is 1. The van der Waals surface area contributed by atoms with Crippen LogP contribution in [0.3, 0.4) is 0 Å². The molecule has 0 aliphatic carbocycles. The van der Waals surface area contributed by atoms with Crippen LogP contribution in [0.25, 0.3) is 10.9 Å². The van der Waals surface area contributed by atoms with E-state index in [0.29, 0.717) is 0 Å². The number of amides is 1. The van der Waals surface area contributed by atoms with Crippen LogP contribution < -0.4 is 11.1 Å². The first-order chi connectivity index (χ1) is 8.58. The standard InChI is InChI=1S/C14H17N3O.2ClH/c1-9(2)13(15)14(18)17-11-5-6-12-10(8-11)4-3-7-16-12;;/h3-9,13H,15H2,1-2H3,(H,17,18);2*1H/t13-;;/m1../s1. The second-order valence-corrected chi connectivity index (χ2v) is 4.67. The maximum absolute atomic E-state index is 11.8. The van der Waals surface area contributed by atoms with Crippen LogP contribution in [0.5, 0.6) is 0 Å². The van der Waals surface area contributed by atoms with Gasteiger partial charge >= 0.3 is 0 Å². The van der Waals surface area contributed by atoms with Crippen LogP contribution in [-0.2, 0) is 4.79 Å². The van der Waals surface area contributed by atoms with E-state index >= 15 is 0 Å². The molecule has 110 valence electrons. The van der Waals surface area contributed by atoms with Gasteiger partial charge in [0, 0.05) is 17.3 Å². The molecule has 1 heterocycles. The van der Waals surface area contributed by atoms with Crippen molar-refractivity contribution in [2.24, 2.45) is 11.7 Å². The fourth-order valence-corrected chi connectivity index (χ4v) is 1.68. The lowest BCUT2D eigenvalue weighted by molar-refractivity contribution is -0.118. The molecule has 6 heteroatoms. The van der Waals surface area contributed by atoms with E-state index in [4.69, 9.17) is 5.73 Å². The molecule has 0 aliphatic heterocycles. The van der Waals surface area contributed by atoms with Crippen molar-refractivity contribution in [3.63, 3.8) is 0 Å². The lowest BCUT2D eigenvalue weighted by atomic mass is 10.0. The van der Waals surface area contributed by atoms with Gasteiger partial charge in [-0.3, -0.25) is 9.78 Å². The van der Waals surface area contributed by atoms with Crippen LogP contribution in [0.4, 0.5) is 5.69 Å². The highest BCUT2D eigenvalue weighted by Gasteiger charge is 2.17. The van der Waals surface area contributed by atoms with Gasteiger partial charge in [-0.05, 0) is 30.2 Å². The summed E-state index contributed by atoms with van der Waals surface area (Å²) in [7, 11) is 0. The van der Waals surface area contributed by atoms with Crippen molar-refractivity contribution in [1.82, 2.24) is 4.98 Å². The minimum atomic E-state index is -0.491. The Morgan fingerprint density at radius 1 is 1.25 bits per heavy atom. The van der Waals surface area contributed by atoms with Crippen LogP contribution in [-0.4, -0.2) is 16.9 Å². The van der Waals surface area contributed by atoms with Gasteiger partial charge < -0.3 is 11.1 Å². The van der Waals surface area contributed by atoms with Gasteiger partial charge in [-0.2, -0.15) is 0 Å². The van der Waals surface area contributed by atoms with Crippen molar-refractivity contribution in [3.05, 3.63) is 36.5 Å². The average Bonchev–Trinajstić information content (AvgIpc) is 2.37. The summed E-state index contributed by atoms with van der Waals surface area (Å²) in [5.41, 5.74) is 7.45. The Labute approximate surface area is 131 Å². The lowest BCUT2D eigenvalue weighted by Crippen LogP contribution is -2.39. The molecule has 4 nitrogen and oxygen atoms in total. The Morgan fingerprint density at radius 3 is 2.60 bits per heavy atom. The molecular formula is C14H19Cl2N3O. The van der Waals surface area contributed by atoms with Gasteiger partial charge in [-0.25, -0.2) is 0 Å². The molecule has 3 N–H and O–H groups in total. The lowest BCUT2D eigenvalue weighted by Gasteiger charge is -2.15. The zero-order valence-corrected chi connectivity index (χ0v) is 13.0. The zero-order valence-electron chi connectivity index (χ0n) is 11.4. The van der Waals surface area contributed by atoms with Gasteiger partial charge in [0.2, 0.25) is 5.91 Å². The number of pyridine rings is 1. The molecule has 2 rings (SSSR count). The first-order valence-electron chi connectivity index (χ1n) is 5.99. The minimum Gasteiger partial charge on any atom is -0.325 e. The Morgan fingerprint density at radius 2 is 1.95 bits per heavy atom. The van der Waals surface area contributed by atoms with Gasteiger partial charge in [0.15, 0.2) is 0 Å². The molecule has 0 radical (unpaired) electrons. The topological polar surface area (TPSA) is 68.0 Å². The van der Waals surface area contributed by atoms with E-state index in [1.165, 1.54) is 0 Å². The molecule has 0 bridgehead atoms. The zero-order chi connectivity index (χ0) is 13.1. The van der Waals surface area contributed by atoms with E-state index < -0.39 is 6.04 Å². The first-order valence-corrected chi connectivity index (χ1v) is 5.99. The summed E-state index contributed by atoms with van der Waals surface area (Å²) >= 11 is 0. The summed E-state index contributed by atoms with van der Waals surface area (Å²) in [6.07, 6.45) is 1.75. The fourth-order valence-electron chi connectivity index (χ4n) is 1.68. The number of anilines is 1. The van der Waals surface area contributed by atoms with E-state index in [-0.39, 0.29) is 36.6 Å². The summed E-state index contributed by atoms with van der Waals surface area (Å²) in [4.78, 5) is 16.1. The van der Waals surface area contributed by atoms with E-state index in [1.54, 1.807) is 6.20 Å². The number of rotatable bonds is 3. The number of carbonyl (C=O) groups is 1. The van der Waals surface area contributed by atoms with E-state index in [2.05, 4.69) is 10.3 Å². The molecule has 0 saturated heterocycles. The van der Waals surface area contributed by atoms with Crippen molar-refractivity contribution >= 4 is 47.3 Å². The summed E-state index contributed by atoms with van der Waals surface area (Å²) in [6, 6.07) is 8.95. The Bertz CT molecular complexity index is 575. The highest BCUT2D eigenvalue weighted by Crippen LogP contribution is 2.17. The maximum Gasteiger partial charge on any atom is 0.241 e. The van der Waals surface area contributed by atoms with Gasteiger partial charge in [-0.1, -0.05) is 19.9 Å². The molecule has 1 aromatic heterocycles. The van der Waals surface area contributed by atoms with E-state index in [9.17, 15) is 4.79 Å². The quantitative estimate of drug-likeness (QED) is 0.914. The average molecular weight is 316 g/mol. The number of carbonyl (C=O) groups excluding carboxylic acids is 1. The largest absolute Gasteiger partial charge is 0.325 e. The highest BCUT2D eigenvalue weighted by atomic mass is 35.5. The monoisotopic (exact) mass is 315 g/mol. The Balaban J connectivity index is 0.00000180. The van der Waals surface area contributed by atoms with Crippen molar-refractivity contribution in [3.8, 4) is 0 Å². The van der Waals surface area contributed by atoms with Crippen LogP contribution >= 0.6 is 24.8 Å². The molecular weight excluding hydrogens is 297 g/mol. The second kappa shape index (κ2) is 8.04. The van der Waals surface area contributed by atoms with E-state index in [1.807, 2.05) is 44.2 Å². The molecule has 0 saturated carbocycles. The first kappa shape index (κ1) is 18.6. The molecule has 1 amide bonds. The fraction of sp³-hybridized carbons (Fsp3) is 0.286. The Hall–Kier alpha value is -1.36. The number of hydrogen-bond donors (Lipinski definition) is 2. The van der Waals surface area contributed by atoms with Crippen molar-refractivity contribution in [2.75, 3.05) is 5.32 Å². The van der Waals surface area contributed by atoms with Crippen LogP contribution in [0, 0.1) is 5.92 Å². The number of hydrogen-bond acceptors (Lipinski definition) is 3. The SMILES string of the molecule is CC(C)[C@@H](N)C(=O)Nc1ccc2ncccc2c1.Cl.Cl. The van der Waals surface area contributed by atoms with Gasteiger partial charge in [0.05, 0.1) is 11.6 Å². The van der Waals surface area contributed by atoms with Gasteiger partial charge in [-0.15, -0.1) is 24.8 Å². The minimum absolute atomic E-state index is 0. The molecule has 1 aromatic carbocycles. The van der Waals surface area contributed by atoms with Crippen molar-refractivity contribution in [2.45, 2.75) is 19.9 Å². The molecule has 0 aliphatic rings. The summed E-state index contributed by atoms with van der Waals surface area (Å²) < 4.78 is 0. The van der Waals surface area contributed by atoms with Crippen LogP contribution in [0.2, 0.25) is 0 Å². The van der Waals surface area contributed by atoms with Crippen molar-refractivity contribution < 1.29 is 4.79 Å².